The maximum atomic E-state index is 13.8. The molecule has 1 unspecified atom stereocenters. The minimum absolute atomic E-state index is 0.0953. The van der Waals surface area contributed by atoms with Crippen LogP contribution in [0, 0.1) is 0 Å². The van der Waals surface area contributed by atoms with Gasteiger partial charge in [0, 0.05) is 18.7 Å². The predicted octanol–water partition coefficient (Wildman–Crippen LogP) is 6.42. The molecule has 43 heavy (non-hydrogen) atoms. The Balaban J connectivity index is 6.30. The molecule has 4 nitrogen and oxygen atoms in total. The van der Waals surface area contributed by atoms with Crippen LogP contribution in [0.25, 0.3) is 0 Å². The predicted molar refractivity (Wildman–Crippen MR) is 99.0 cm³/mol. The summed E-state index contributed by atoms with van der Waals surface area (Å²) >= 11 is -0.0953. The molecule has 258 valence electrons. The highest BCUT2D eigenvalue weighted by atomic mass is 32.2. The van der Waals surface area contributed by atoms with Gasteiger partial charge >= 0.3 is 65.4 Å². The second-order valence-electron chi connectivity index (χ2n) is 8.30. The summed E-state index contributed by atoms with van der Waals surface area (Å²) in [6.45, 7) is -1.41. The van der Waals surface area contributed by atoms with Crippen LogP contribution in [0.3, 0.4) is 0 Å². The number of carboxylic acid groups (broad SMARTS) is 1. The highest BCUT2D eigenvalue weighted by Gasteiger charge is 2.97. The molecule has 26 heteroatoms. The van der Waals surface area contributed by atoms with Gasteiger partial charge in [0.2, 0.25) is 0 Å². The summed E-state index contributed by atoms with van der Waals surface area (Å²) in [5, 5.41) is 19.7. The van der Waals surface area contributed by atoms with E-state index in [1.807, 2.05) is 5.32 Å². The fourth-order valence-corrected chi connectivity index (χ4v) is 3.53. The highest BCUT2D eigenvalue weighted by molar-refractivity contribution is 7.99. The topological polar surface area (TPSA) is 69.6 Å². The highest BCUT2D eigenvalue weighted by Crippen LogP contribution is 2.66. The largest absolute Gasteiger partial charge is 0.480 e. The van der Waals surface area contributed by atoms with Crippen molar-refractivity contribution in [3.63, 3.8) is 0 Å². The fraction of sp³-hybridized carbons (Fsp3) is 0.941. The molecule has 0 fully saturated rings. The first-order chi connectivity index (χ1) is 18.6. The number of aliphatic hydroxyl groups is 1. The average molecular weight is 711 g/mol. The minimum Gasteiger partial charge on any atom is -0.480 e. The maximum absolute atomic E-state index is 13.8. The van der Waals surface area contributed by atoms with Crippen LogP contribution in [0.15, 0.2) is 0 Å². The van der Waals surface area contributed by atoms with E-state index >= 15 is 0 Å². The molecule has 0 aliphatic rings. The second kappa shape index (κ2) is 12.2. The van der Waals surface area contributed by atoms with Gasteiger partial charge in [-0.25, -0.2) is 0 Å². The van der Waals surface area contributed by atoms with E-state index in [-0.39, 0.29) is 11.8 Å². The number of halogens is 21. The van der Waals surface area contributed by atoms with Crippen molar-refractivity contribution in [3.05, 3.63) is 0 Å². The third kappa shape index (κ3) is 6.78. The standard InChI is InChI=1S/C17H14F21NO3S/c18-8(19,1-2-43-5-6(40)3-39-4-7(41)42)9(20,21)10(22,23)11(24,25)12(26,27)13(28,29)14(30,31)15(32,33)16(34,35)17(36,37)38/h6,39-40H,1-5H2,(H,41,42). The molecule has 0 aliphatic heterocycles. The van der Waals surface area contributed by atoms with E-state index in [1.165, 1.54) is 0 Å². The number of alkyl halides is 21. The lowest BCUT2D eigenvalue weighted by molar-refractivity contribution is -0.474. The summed E-state index contributed by atoms with van der Waals surface area (Å²) in [5.74, 6) is -81.1. The molecule has 0 aromatic rings. The molecular weight excluding hydrogens is 697 g/mol. The number of hydrogen-bond acceptors (Lipinski definition) is 4. The zero-order valence-electron chi connectivity index (χ0n) is 19.8. The summed E-state index contributed by atoms with van der Waals surface area (Å²) in [6, 6.07) is 0. The van der Waals surface area contributed by atoms with Crippen LogP contribution in [0.1, 0.15) is 6.42 Å². The second-order valence-corrected chi connectivity index (χ2v) is 9.45. The molecule has 3 N–H and O–H groups in total. The van der Waals surface area contributed by atoms with Crippen molar-refractivity contribution < 1.29 is 107 Å². The van der Waals surface area contributed by atoms with Gasteiger partial charge < -0.3 is 15.5 Å². The van der Waals surface area contributed by atoms with Crippen LogP contribution in [-0.2, 0) is 4.79 Å². The lowest BCUT2D eigenvalue weighted by Gasteiger charge is -2.44. The molecular formula is C17H14F21NO3S. The van der Waals surface area contributed by atoms with Crippen LogP contribution in [0.2, 0.25) is 0 Å². The molecule has 0 spiro atoms. The van der Waals surface area contributed by atoms with Gasteiger partial charge in [-0.05, 0) is 5.75 Å². The smallest absolute Gasteiger partial charge is 0.460 e. The number of thioether (sulfide) groups is 1. The summed E-state index contributed by atoms with van der Waals surface area (Å²) in [7, 11) is 0. The van der Waals surface area contributed by atoms with E-state index in [4.69, 9.17) is 5.11 Å². The monoisotopic (exact) mass is 711 g/mol. The Morgan fingerprint density at radius 2 is 0.907 bits per heavy atom. The third-order valence-electron chi connectivity index (χ3n) is 5.10. The van der Waals surface area contributed by atoms with Crippen molar-refractivity contribution in [2.45, 2.75) is 72.0 Å². The van der Waals surface area contributed by atoms with Crippen molar-refractivity contribution >= 4 is 17.7 Å². The first-order valence-electron chi connectivity index (χ1n) is 10.2. The summed E-state index contributed by atoms with van der Waals surface area (Å²) in [5.41, 5.74) is 0. The summed E-state index contributed by atoms with van der Waals surface area (Å²) < 4.78 is 280. The van der Waals surface area contributed by atoms with Gasteiger partial charge in [0.15, 0.2) is 0 Å². The van der Waals surface area contributed by atoms with Crippen LogP contribution in [0.4, 0.5) is 92.2 Å². The molecule has 0 aliphatic carbocycles. The Morgan fingerprint density at radius 3 is 1.23 bits per heavy atom. The number of hydrogen-bond donors (Lipinski definition) is 3. The van der Waals surface area contributed by atoms with Crippen molar-refractivity contribution in [1.29, 1.82) is 0 Å². The molecule has 0 saturated carbocycles. The molecule has 0 radical (unpaired) electrons. The normalized spacial score (nSPS) is 16.4. The van der Waals surface area contributed by atoms with E-state index in [2.05, 4.69) is 0 Å². The molecule has 0 amide bonds. The average Bonchev–Trinajstić information content (AvgIpc) is 2.79. The van der Waals surface area contributed by atoms with E-state index in [0.29, 0.717) is 0 Å². The fourth-order valence-electron chi connectivity index (χ4n) is 2.57. The Labute approximate surface area is 227 Å². The molecule has 0 rings (SSSR count). The van der Waals surface area contributed by atoms with Crippen LogP contribution < -0.4 is 5.32 Å². The summed E-state index contributed by atoms with van der Waals surface area (Å²) in [6.07, 6.45) is -12.5. The number of carbonyl (C=O) groups is 1. The molecule has 0 saturated heterocycles. The van der Waals surface area contributed by atoms with Gasteiger partial charge in [-0.3, -0.25) is 4.79 Å². The van der Waals surface area contributed by atoms with E-state index < -0.39 is 103 Å². The van der Waals surface area contributed by atoms with Crippen molar-refractivity contribution in [3.8, 4) is 0 Å². The minimum atomic E-state index is -9.21. The maximum Gasteiger partial charge on any atom is 0.460 e. The molecule has 0 heterocycles. The zero-order valence-corrected chi connectivity index (χ0v) is 20.6. The first kappa shape index (κ1) is 41.3. The third-order valence-corrected chi connectivity index (χ3v) is 6.22. The Bertz CT molecular complexity index is 967. The zero-order chi connectivity index (χ0) is 35.1. The van der Waals surface area contributed by atoms with E-state index in [9.17, 15) is 102 Å². The van der Waals surface area contributed by atoms with Crippen LogP contribution in [-0.4, -0.2) is 106 Å². The molecule has 1 atom stereocenters. The van der Waals surface area contributed by atoms with Gasteiger partial charge in [-0.2, -0.15) is 104 Å². The number of aliphatic carboxylic acids is 1. The van der Waals surface area contributed by atoms with Crippen molar-refractivity contribution in [2.24, 2.45) is 0 Å². The van der Waals surface area contributed by atoms with Gasteiger partial charge in [0.25, 0.3) is 0 Å². The van der Waals surface area contributed by atoms with Crippen LogP contribution in [0.5, 0.6) is 0 Å². The van der Waals surface area contributed by atoms with Gasteiger partial charge in [-0.1, -0.05) is 0 Å². The summed E-state index contributed by atoms with van der Waals surface area (Å²) in [4.78, 5) is 10.2. The number of nitrogens with one attached hydrogen (secondary N) is 1. The van der Waals surface area contributed by atoms with Gasteiger partial charge in [0.05, 0.1) is 12.6 Å². The Kier molecular flexibility index (Phi) is 11.7. The molecule has 0 aromatic heterocycles. The Hall–Kier alpha value is -1.73. The number of aliphatic hydroxyl groups excluding tert-OH is 1. The van der Waals surface area contributed by atoms with Gasteiger partial charge in [0.1, 0.15) is 0 Å². The van der Waals surface area contributed by atoms with Crippen LogP contribution >= 0.6 is 11.8 Å². The van der Waals surface area contributed by atoms with Gasteiger partial charge in [-0.15, -0.1) is 0 Å². The van der Waals surface area contributed by atoms with Crippen molar-refractivity contribution in [1.82, 2.24) is 5.32 Å². The van der Waals surface area contributed by atoms with E-state index in [1.54, 1.807) is 0 Å². The first-order valence-corrected chi connectivity index (χ1v) is 11.4. The number of rotatable bonds is 17. The quantitative estimate of drug-likeness (QED) is 0.120. The number of carboxylic acids is 1. The lowest BCUT2D eigenvalue weighted by atomic mass is 9.86. The molecule has 0 aromatic carbocycles. The van der Waals surface area contributed by atoms with Crippen molar-refractivity contribution in [2.75, 3.05) is 24.6 Å². The SMILES string of the molecule is O=C(O)CNCC(O)CSCCC(F)(F)C(F)(F)C(F)(F)C(F)(F)C(F)(F)C(F)(F)C(F)(F)C(F)(F)C(F)(F)C(F)(F)F. The van der Waals surface area contributed by atoms with E-state index in [0.717, 1.165) is 0 Å². The lowest BCUT2D eigenvalue weighted by Crippen LogP contribution is -2.76. The molecule has 0 bridgehead atoms. The Morgan fingerprint density at radius 1 is 0.581 bits per heavy atom.